The van der Waals surface area contributed by atoms with Gasteiger partial charge in [-0.15, -0.1) is 0 Å². The topological polar surface area (TPSA) is 73.1 Å². The number of hydrogen-bond acceptors (Lipinski definition) is 5. The van der Waals surface area contributed by atoms with Gasteiger partial charge in [-0.05, 0) is 13.3 Å². The van der Waals surface area contributed by atoms with Crippen LogP contribution in [0.15, 0.2) is 0 Å². The Morgan fingerprint density at radius 2 is 1.95 bits per heavy atom. The van der Waals surface area contributed by atoms with Crippen LogP contribution in [0, 0.1) is 6.92 Å². The normalized spacial score (nSPS) is 10.8. The Morgan fingerprint density at radius 1 is 1.21 bits per heavy atom. The van der Waals surface area contributed by atoms with Gasteiger partial charge in [-0.1, -0.05) is 40.0 Å². The van der Waals surface area contributed by atoms with Crippen molar-refractivity contribution in [1.29, 1.82) is 0 Å². The van der Waals surface area contributed by atoms with Crippen LogP contribution in [-0.4, -0.2) is 16.6 Å². The molecule has 0 aliphatic rings. The molecule has 0 atom stereocenters. The summed E-state index contributed by atoms with van der Waals surface area (Å²) in [5.74, 6) is 7.77. The molecule has 5 heteroatoms. The lowest BCUT2D eigenvalue weighted by Gasteiger charge is -2.14. The maximum atomic E-state index is 5.77. The zero-order valence-corrected chi connectivity index (χ0v) is 12.5. The number of rotatable bonds is 8. The van der Waals surface area contributed by atoms with Crippen molar-refractivity contribution in [2.45, 2.75) is 59.3 Å². The molecule has 0 unspecified atom stereocenters. The van der Waals surface area contributed by atoms with Crippen LogP contribution >= 0.6 is 0 Å². The third-order valence-corrected chi connectivity index (χ3v) is 3.01. The Labute approximate surface area is 115 Å². The monoisotopic (exact) mass is 266 g/mol. The fourth-order valence-corrected chi connectivity index (χ4v) is 1.75. The van der Waals surface area contributed by atoms with Gasteiger partial charge in [0.2, 0.25) is 5.88 Å². The molecule has 0 fully saturated rings. The van der Waals surface area contributed by atoms with E-state index in [9.17, 15) is 0 Å². The highest BCUT2D eigenvalue weighted by Gasteiger charge is 2.13. The first-order chi connectivity index (χ1) is 9.10. The number of ether oxygens (including phenoxy) is 1. The zero-order chi connectivity index (χ0) is 14.3. The van der Waals surface area contributed by atoms with Crippen LogP contribution in [0.4, 0.5) is 5.82 Å². The molecular weight excluding hydrogens is 240 g/mol. The highest BCUT2D eigenvalue weighted by molar-refractivity contribution is 5.47. The maximum absolute atomic E-state index is 5.77. The van der Waals surface area contributed by atoms with Gasteiger partial charge in [0.05, 0.1) is 12.2 Å². The van der Waals surface area contributed by atoms with Crippen molar-refractivity contribution in [3.8, 4) is 5.88 Å². The summed E-state index contributed by atoms with van der Waals surface area (Å²) in [6, 6.07) is 0. The van der Waals surface area contributed by atoms with E-state index in [4.69, 9.17) is 10.6 Å². The van der Waals surface area contributed by atoms with Gasteiger partial charge in [-0.25, -0.2) is 10.8 Å². The molecule has 1 aromatic rings. The molecule has 0 amide bonds. The molecule has 19 heavy (non-hydrogen) atoms. The minimum atomic E-state index is 0.246. The van der Waals surface area contributed by atoms with Crippen molar-refractivity contribution >= 4 is 5.82 Å². The van der Waals surface area contributed by atoms with Gasteiger partial charge in [-0.3, -0.25) is 0 Å². The second-order valence-corrected chi connectivity index (χ2v) is 5.07. The molecule has 1 rings (SSSR count). The zero-order valence-electron chi connectivity index (χ0n) is 12.5. The van der Waals surface area contributed by atoms with Gasteiger partial charge >= 0.3 is 0 Å². The number of hydrazine groups is 1. The molecule has 0 aromatic carbocycles. The van der Waals surface area contributed by atoms with Crippen molar-refractivity contribution in [1.82, 2.24) is 9.97 Å². The van der Waals surface area contributed by atoms with Crippen molar-refractivity contribution in [2.75, 3.05) is 12.0 Å². The van der Waals surface area contributed by atoms with Crippen molar-refractivity contribution in [2.24, 2.45) is 5.84 Å². The first kappa shape index (κ1) is 15.7. The fourth-order valence-electron chi connectivity index (χ4n) is 1.75. The summed E-state index contributed by atoms with van der Waals surface area (Å²) in [4.78, 5) is 8.85. The molecule has 3 N–H and O–H groups in total. The molecule has 0 aliphatic carbocycles. The molecule has 0 saturated heterocycles. The summed E-state index contributed by atoms with van der Waals surface area (Å²) in [6.07, 6.45) is 4.73. The number of nitrogens with zero attached hydrogens (tertiary/aromatic N) is 2. The number of nitrogens with one attached hydrogen (secondary N) is 1. The lowest BCUT2D eigenvalue weighted by atomic mass is 10.2. The van der Waals surface area contributed by atoms with Gasteiger partial charge in [0.1, 0.15) is 11.6 Å². The lowest BCUT2D eigenvalue weighted by molar-refractivity contribution is 0.290. The Morgan fingerprint density at radius 3 is 2.53 bits per heavy atom. The third kappa shape index (κ3) is 4.67. The first-order valence-electron chi connectivity index (χ1n) is 7.08. The predicted molar refractivity (Wildman–Crippen MR) is 78.3 cm³/mol. The Bertz CT molecular complexity index is 393. The smallest absolute Gasteiger partial charge is 0.221 e. The molecule has 108 valence electrons. The molecular formula is C14H26N4O. The van der Waals surface area contributed by atoms with Crippen LogP contribution in [0.1, 0.15) is 63.8 Å². The summed E-state index contributed by atoms with van der Waals surface area (Å²) >= 11 is 0. The van der Waals surface area contributed by atoms with E-state index >= 15 is 0 Å². The quantitative estimate of drug-likeness (QED) is 0.429. The maximum Gasteiger partial charge on any atom is 0.221 e. The van der Waals surface area contributed by atoms with Crippen molar-refractivity contribution in [3.05, 3.63) is 11.4 Å². The van der Waals surface area contributed by atoms with Crippen LogP contribution in [0.5, 0.6) is 5.88 Å². The van der Waals surface area contributed by atoms with E-state index in [2.05, 4.69) is 36.2 Å². The Hall–Kier alpha value is -1.36. The van der Waals surface area contributed by atoms with E-state index in [0.717, 1.165) is 17.8 Å². The van der Waals surface area contributed by atoms with Gasteiger partial charge in [0.25, 0.3) is 0 Å². The van der Waals surface area contributed by atoms with Gasteiger partial charge < -0.3 is 10.2 Å². The minimum Gasteiger partial charge on any atom is -0.477 e. The number of anilines is 1. The summed E-state index contributed by atoms with van der Waals surface area (Å²) in [6.45, 7) is 8.91. The summed E-state index contributed by atoms with van der Waals surface area (Å²) < 4.78 is 5.77. The summed E-state index contributed by atoms with van der Waals surface area (Å²) in [5, 5.41) is 0. The van der Waals surface area contributed by atoms with Crippen LogP contribution in [-0.2, 0) is 0 Å². The van der Waals surface area contributed by atoms with E-state index in [0.29, 0.717) is 18.3 Å². The predicted octanol–water partition coefficient (Wildman–Crippen LogP) is 3.15. The van der Waals surface area contributed by atoms with Gasteiger partial charge in [0, 0.05) is 5.92 Å². The standard InChI is InChI=1S/C14H26N4O/c1-5-6-7-8-9-19-14-11(4)13(18-15)16-12(17-14)10(2)3/h10H,5-9,15H2,1-4H3,(H,16,17,18). The average Bonchev–Trinajstić information content (AvgIpc) is 2.40. The highest BCUT2D eigenvalue weighted by Crippen LogP contribution is 2.24. The average molecular weight is 266 g/mol. The molecule has 0 spiro atoms. The second-order valence-electron chi connectivity index (χ2n) is 5.07. The summed E-state index contributed by atoms with van der Waals surface area (Å²) in [7, 11) is 0. The number of unbranched alkanes of at least 4 members (excludes halogenated alkanes) is 3. The van der Waals surface area contributed by atoms with E-state index in [-0.39, 0.29) is 5.92 Å². The molecule has 1 aromatic heterocycles. The molecule has 0 saturated carbocycles. The number of aromatic nitrogens is 2. The van der Waals surface area contributed by atoms with Crippen LogP contribution < -0.4 is 16.0 Å². The third-order valence-electron chi connectivity index (χ3n) is 3.01. The molecule has 0 radical (unpaired) electrons. The van der Waals surface area contributed by atoms with Crippen LogP contribution in [0.2, 0.25) is 0 Å². The van der Waals surface area contributed by atoms with Crippen molar-refractivity contribution < 1.29 is 4.74 Å². The molecule has 5 nitrogen and oxygen atoms in total. The first-order valence-corrected chi connectivity index (χ1v) is 7.08. The summed E-state index contributed by atoms with van der Waals surface area (Å²) in [5.41, 5.74) is 3.47. The SMILES string of the molecule is CCCCCCOc1nc(C(C)C)nc(NN)c1C. The molecule has 0 bridgehead atoms. The van der Waals surface area contributed by atoms with Crippen LogP contribution in [0.3, 0.4) is 0 Å². The fraction of sp³-hybridized carbons (Fsp3) is 0.714. The number of nitrogen functional groups attached to an aromatic ring is 1. The van der Waals surface area contributed by atoms with E-state index < -0.39 is 0 Å². The lowest BCUT2D eigenvalue weighted by Crippen LogP contribution is -2.14. The van der Waals surface area contributed by atoms with Gasteiger partial charge in [0.15, 0.2) is 0 Å². The Balaban J connectivity index is 2.72. The minimum absolute atomic E-state index is 0.246. The number of hydrogen-bond donors (Lipinski definition) is 2. The second kappa shape index (κ2) is 7.94. The molecule has 1 heterocycles. The number of nitrogens with two attached hydrogens (primary N) is 1. The highest BCUT2D eigenvalue weighted by atomic mass is 16.5. The van der Waals surface area contributed by atoms with Crippen LogP contribution in [0.25, 0.3) is 0 Å². The van der Waals surface area contributed by atoms with E-state index in [1.807, 2.05) is 6.92 Å². The van der Waals surface area contributed by atoms with Crippen molar-refractivity contribution in [3.63, 3.8) is 0 Å². The van der Waals surface area contributed by atoms with Gasteiger partial charge in [-0.2, -0.15) is 4.98 Å². The molecule has 0 aliphatic heterocycles. The largest absolute Gasteiger partial charge is 0.477 e. The Kier molecular flexibility index (Phi) is 6.56. The van der Waals surface area contributed by atoms with E-state index in [1.165, 1.54) is 19.3 Å². The van der Waals surface area contributed by atoms with E-state index in [1.54, 1.807) is 0 Å².